The Labute approximate surface area is 164 Å². The van der Waals surface area contributed by atoms with Crippen LogP contribution in [-0.4, -0.2) is 33.6 Å². The van der Waals surface area contributed by atoms with Crippen LogP contribution in [0.2, 0.25) is 0 Å². The number of nitrogens with zero attached hydrogens (tertiary/aromatic N) is 3. The number of nitriles is 1. The summed E-state index contributed by atoms with van der Waals surface area (Å²) in [7, 11) is -2.04. The van der Waals surface area contributed by atoms with Gasteiger partial charge in [0.2, 0.25) is 0 Å². The minimum atomic E-state index is -3.70. The standard InChI is InChI=1S/C19H21N5O3S/c1-4-12-9-16(24(2)15-8-6-5-7-13(15)11-20)17(28(3,26)27)10-14(12)18(25)23-19(21)22/h5-10H,4H2,1-3H3,(H4,21,22,23,25). The average Bonchev–Trinajstić information content (AvgIpc) is 2.64. The van der Waals surface area contributed by atoms with Gasteiger partial charge in [0.25, 0.3) is 5.91 Å². The number of para-hydroxylation sites is 1. The number of benzene rings is 2. The molecule has 146 valence electrons. The number of anilines is 2. The number of aryl methyl sites for hydroxylation is 1. The fourth-order valence-electron chi connectivity index (χ4n) is 2.83. The summed E-state index contributed by atoms with van der Waals surface area (Å²) >= 11 is 0. The lowest BCUT2D eigenvalue weighted by Crippen LogP contribution is -2.24. The molecule has 9 heteroatoms. The van der Waals surface area contributed by atoms with Crippen molar-refractivity contribution in [1.82, 2.24) is 0 Å². The number of carbonyl (C=O) groups excluding carboxylic acids is 1. The molecule has 0 aliphatic rings. The molecule has 2 aromatic rings. The molecule has 0 aliphatic heterocycles. The minimum Gasteiger partial charge on any atom is -0.370 e. The Morgan fingerprint density at radius 2 is 1.86 bits per heavy atom. The molecule has 0 saturated carbocycles. The summed E-state index contributed by atoms with van der Waals surface area (Å²) in [5, 5.41) is 9.37. The molecule has 8 nitrogen and oxygen atoms in total. The van der Waals surface area contributed by atoms with E-state index in [1.807, 2.05) is 6.92 Å². The number of hydrogen-bond donors (Lipinski definition) is 2. The third kappa shape index (κ3) is 4.29. The SMILES string of the molecule is CCc1cc(N(C)c2ccccc2C#N)c(S(C)(=O)=O)cc1C(=O)N=C(N)N. The minimum absolute atomic E-state index is 0.0610. The third-order valence-corrected chi connectivity index (χ3v) is 5.30. The molecule has 0 radical (unpaired) electrons. The molecule has 4 N–H and O–H groups in total. The van der Waals surface area contributed by atoms with E-state index in [0.717, 1.165) is 6.26 Å². The van der Waals surface area contributed by atoms with Crippen molar-refractivity contribution in [1.29, 1.82) is 5.26 Å². The van der Waals surface area contributed by atoms with Crippen LogP contribution in [0, 0.1) is 11.3 Å². The molecule has 0 spiro atoms. The summed E-state index contributed by atoms with van der Waals surface area (Å²) in [6.07, 6.45) is 1.50. The number of carbonyl (C=O) groups is 1. The van der Waals surface area contributed by atoms with Gasteiger partial charge in [-0.05, 0) is 36.2 Å². The number of rotatable bonds is 5. The van der Waals surface area contributed by atoms with Gasteiger partial charge in [0.05, 0.1) is 21.8 Å². The number of nitrogens with two attached hydrogens (primary N) is 2. The monoisotopic (exact) mass is 399 g/mol. The van der Waals surface area contributed by atoms with Crippen molar-refractivity contribution in [3.05, 3.63) is 53.1 Å². The van der Waals surface area contributed by atoms with Gasteiger partial charge in [0.15, 0.2) is 15.8 Å². The Kier molecular flexibility index (Phi) is 6.06. The zero-order valence-corrected chi connectivity index (χ0v) is 16.6. The predicted molar refractivity (Wildman–Crippen MR) is 108 cm³/mol. The van der Waals surface area contributed by atoms with Gasteiger partial charge in [-0.3, -0.25) is 4.79 Å². The van der Waals surface area contributed by atoms with Crippen LogP contribution >= 0.6 is 0 Å². The van der Waals surface area contributed by atoms with E-state index in [1.165, 1.54) is 6.07 Å². The van der Waals surface area contributed by atoms with E-state index in [9.17, 15) is 18.5 Å². The lowest BCUT2D eigenvalue weighted by molar-refractivity contribution is 0.100. The first-order valence-corrected chi connectivity index (χ1v) is 10.2. The van der Waals surface area contributed by atoms with Crippen LogP contribution in [0.25, 0.3) is 0 Å². The fraction of sp³-hybridized carbons (Fsp3) is 0.211. The lowest BCUT2D eigenvalue weighted by Gasteiger charge is -2.24. The van der Waals surface area contributed by atoms with E-state index < -0.39 is 21.7 Å². The van der Waals surface area contributed by atoms with E-state index in [2.05, 4.69) is 11.1 Å². The van der Waals surface area contributed by atoms with Crippen LogP contribution in [-0.2, 0) is 16.3 Å². The van der Waals surface area contributed by atoms with Crippen LogP contribution in [0.15, 0.2) is 46.3 Å². The Morgan fingerprint density at radius 1 is 1.21 bits per heavy atom. The second-order valence-corrected chi connectivity index (χ2v) is 8.12. The molecule has 28 heavy (non-hydrogen) atoms. The van der Waals surface area contributed by atoms with Crippen LogP contribution < -0.4 is 16.4 Å². The first-order valence-electron chi connectivity index (χ1n) is 8.34. The van der Waals surface area contributed by atoms with E-state index in [1.54, 1.807) is 42.3 Å². The summed E-state index contributed by atoms with van der Waals surface area (Å²) in [5.41, 5.74) is 12.5. The van der Waals surface area contributed by atoms with Crippen LogP contribution in [0.5, 0.6) is 0 Å². The lowest BCUT2D eigenvalue weighted by atomic mass is 10.0. The van der Waals surface area contributed by atoms with Crippen LogP contribution in [0.1, 0.15) is 28.4 Å². The Bertz CT molecular complexity index is 1100. The zero-order valence-electron chi connectivity index (χ0n) is 15.8. The van der Waals surface area contributed by atoms with Crippen LogP contribution in [0.4, 0.5) is 11.4 Å². The van der Waals surface area contributed by atoms with E-state index >= 15 is 0 Å². The van der Waals surface area contributed by atoms with Crippen molar-refractivity contribution in [2.24, 2.45) is 16.5 Å². The van der Waals surface area contributed by atoms with E-state index in [4.69, 9.17) is 11.5 Å². The topological polar surface area (TPSA) is 143 Å². The Morgan fingerprint density at radius 3 is 2.39 bits per heavy atom. The van der Waals surface area contributed by atoms with Crippen molar-refractivity contribution in [2.45, 2.75) is 18.2 Å². The molecule has 2 rings (SSSR count). The molecule has 0 aromatic heterocycles. The summed E-state index contributed by atoms with van der Waals surface area (Å²) in [6, 6.07) is 11.8. The molecule has 0 aliphatic carbocycles. The van der Waals surface area contributed by atoms with E-state index in [0.29, 0.717) is 28.9 Å². The van der Waals surface area contributed by atoms with E-state index in [-0.39, 0.29) is 10.5 Å². The summed E-state index contributed by atoms with van der Waals surface area (Å²) in [4.78, 5) is 17.4. The van der Waals surface area contributed by atoms with Gasteiger partial charge >= 0.3 is 0 Å². The molecule has 1 amide bonds. The van der Waals surface area contributed by atoms with Gasteiger partial charge in [-0.25, -0.2) is 8.42 Å². The van der Waals surface area contributed by atoms with Crippen molar-refractivity contribution in [3.63, 3.8) is 0 Å². The maximum absolute atomic E-state index is 12.5. The van der Waals surface area contributed by atoms with Gasteiger partial charge in [0, 0.05) is 18.9 Å². The van der Waals surface area contributed by atoms with Gasteiger partial charge in [-0.2, -0.15) is 10.3 Å². The molecule has 0 unspecified atom stereocenters. The summed E-state index contributed by atoms with van der Waals surface area (Å²) in [6.45, 7) is 1.83. The highest BCUT2D eigenvalue weighted by molar-refractivity contribution is 7.90. The summed E-state index contributed by atoms with van der Waals surface area (Å²) in [5.74, 6) is -1.12. The van der Waals surface area contributed by atoms with Gasteiger partial charge in [-0.1, -0.05) is 19.1 Å². The molecular formula is C19H21N5O3S. The highest BCUT2D eigenvalue weighted by Gasteiger charge is 2.23. The van der Waals surface area contributed by atoms with Crippen molar-refractivity contribution < 1.29 is 13.2 Å². The highest BCUT2D eigenvalue weighted by atomic mass is 32.2. The molecule has 0 saturated heterocycles. The molecule has 0 atom stereocenters. The molecule has 0 heterocycles. The number of guanidine groups is 1. The van der Waals surface area contributed by atoms with Crippen LogP contribution in [0.3, 0.4) is 0 Å². The normalized spacial score (nSPS) is 10.8. The second-order valence-electron chi connectivity index (χ2n) is 6.13. The number of aliphatic imine (C=N–C) groups is 1. The van der Waals surface area contributed by atoms with Crippen molar-refractivity contribution in [2.75, 3.05) is 18.2 Å². The zero-order chi connectivity index (χ0) is 21.1. The number of amides is 1. The predicted octanol–water partition coefficient (Wildman–Crippen LogP) is 1.71. The van der Waals surface area contributed by atoms with Gasteiger partial charge in [-0.15, -0.1) is 0 Å². The van der Waals surface area contributed by atoms with Gasteiger partial charge in [0.1, 0.15) is 6.07 Å². The largest absolute Gasteiger partial charge is 0.370 e. The van der Waals surface area contributed by atoms with Crippen molar-refractivity contribution >= 4 is 33.1 Å². The average molecular weight is 399 g/mol. The first-order chi connectivity index (χ1) is 13.1. The maximum atomic E-state index is 12.5. The highest BCUT2D eigenvalue weighted by Crippen LogP contribution is 2.34. The maximum Gasteiger partial charge on any atom is 0.280 e. The Hall–Kier alpha value is -3.38. The summed E-state index contributed by atoms with van der Waals surface area (Å²) < 4.78 is 24.9. The molecule has 0 bridgehead atoms. The quantitative estimate of drug-likeness (QED) is 0.575. The number of sulfone groups is 1. The fourth-order valence-corrected chi connectivity index (χ4v) is 3.74. The molecule has 0 fully saturated rings. The third-order valence-electron chi connectivity index (χ3n) is 4.17. The first kappa shape index (κ1) is 20.9. The Balaban J connectivity index is 2.79. The number of hydrogen-bond acceptors (Lipinski definition) is 5. The van der Waals surface area contributed by atoms with Gasteiger partial charge < -0.3 is 16.4 Å². The molecule has 2 aromatic carbocycles. The van der Waals surface area contributed by atoms with Crippen molar-refractivity contribution in [3.8, 4) is 6.07 Å². The smallest absolute Gasteiger partial charge is 0.280 e. The second kappa shape index (κ2) is 8.10. The molecular weight excluding hydrogens is 378 g/mol.